The number of aromatic nitrogens is 2. The maximum absolute atomic E-state index is 10.9. The van der Waals surface area contributed by atoms with Crippen LogP contribution in [0.4, 0.5) is 10.8 Å². The standard InChI is InChI=1S/C10H10N4O2S2/c1-13(2)9-11-12-10(18-9)17-8-6-4-3-5-7(8)14(15)16/h3-6H,1-2H3. The third kappa shape index (κ3) is 2.77. The Labute approximate surface area is 112 Å². The van der Waals surface area contributed by atoms with Crippen molar-refractivity contribution in [2.45, 2.75) is 9.24 Å². The second-order valence-electron chi connectivity index (χ2n) is 3.57. The molecule has 6 nitrogen and oxygen atoms in total. The first kappa shape index (κ1) is 12.8. The zero-order valence-corrected chi connectivity index (χ0v) is 11.4. The van der Waals surface area contributed by atoms with Gasteiger partial charge in [0.2, 0.25) is 5.13 Å². The van der Waals surface area contributed by atoms with Crippen molar-refractivity contribution in [2.75, 3.05) is 19.0 Å². The van der Waals surface area contributed by atoms with Gasteiger partial charge >= 0.3 is 0 Å². The number of nitro benzene ring substituents is 1. The summed E-state index contributed by atoms with van der Waals surface area (Å²) >= 11 is 2.66. The minimum atomic E-state index is -0.393. The smallest absolute Gasteiger partial charge is 0.283 e. The van der Waals surface area contributed by atoms with E-state index in [4.69, 9.17) is 0 Å². The van der Waals surface area contributed by atoms with E-state index in [0.717, 1.165) is 5.13 Å². The minimum absolute atomic E-state index is 0.0871. The second kappa shape index (κ2) is 5.32. The van der Waals surface area contributed by atoms with Crippen LogP contribution in [0.15, 0.2) is 33.5 Å². The maximum atomic E-state index is 10.9. The van der Waals surface area contributed by atoms with Gasteiger partial charge in [0.25, 0.3) is 5.69 Å². The van der Waals surface area contributed by atoms with Gasteiger partial charge < -0.3 is 4.90 Å². The van der Waals surface area contributed by atoms with Gasteiger partial charge in [-0.25, -0.2) is 0 Å². The average Bonchev–Trinajstić information content (AvgIpc) is 2.78. The highest BCUT2D eigenvalue weighted by Gasteiger charge is 2.16. The fraction of sp³-hybridized carbons (Fsp3) is 0.200. The van der Waals surface area contributed by atoms with Crippen molar-refractivity contribution in [1.82, 2.24) is 10.2 Å². The summed E-state index contributed by atoms with van der Waals surface area (Å²) in [5.74, 6) is 0. The maximum Gasteiger partial charge on any atom is 0.283 e. The van der Waals surface area contributed by atoms with Crippen LogP contribution in [0.3, 0.4) is 0 Å². The Balaban J connectivity index is 2.25. The Morgan fingerprint density at radius 3 is 2.67 bits per heavy atom. The molecule has 18 heavy (non-hydrogen) atoms. The monoisotopic (exact) mass is 282 g/mol. The molecule has 0 bridgehead atoms. The summed E-state index contributed by atoms with van der Waals surface area (Å²) in [5.41, 5.74) is 0.0871. The highest BCUT2D eigenvalue weighted by atomic mass is 32.2. The van der Waals surface area contributed by atoms with Crippen LogP contribution in [0.25, 0.3) is 0 Å². The van der Waals surface area contributed by atoms with Crippen LogP contribution in [0.2, 0.25) is 0 Å². The molecule has 0 radical (unpaired) electrons. The van der Waals surface area contributed by atoms with Crippen LogP contribution < -0.4 is 4.90 Å². The summed E-state index contributed by atoms with van der Waals surface area (Å²) in [7, 11) is 3.75. The van der Waals surface area contributed by atoms with Gasteiger partial charge in [0.1, 0.15) is 0 Å². The molecule has 2 aromatic rings. The van der Waals surface area contributed by atoms with E-state index in [0.29, 0.717) is 9.24 Å². The number of hydrogen-bond acceptors (Lipinski definition) is 7. The van der Waals surface area contributed by atoms with Crippen LogP contribution >= 0.6 is 23.1 Å². The van der Waals surface area contributed by atoms with Gasteiger partial charge in [0, 0.05) is 20.2 Å². The summed E-state index contributed by atoms with van der Waals surface area (Å²) in [6, 6.07) is 6.60. The quantitative estimate of drug-likeness (QED) is 0.634. The lowest BCUT2D eigenvalue weighted by Gasteiger charge is -2.03. The molecule has 0 saturated carbocycles. The molecule has 0 aliphatic rings. The topological polar surface area (TPSA) is 72.2 Å². The van der Waals surface area contributed by atoms with E-state index in [1.165, 1.54) is 29.2 Å². The normalized spacial score (nSPS) is 10.3. The molecular formula is C10H10N4O2S2. The molecule has 94 valence electrons. The molecular weight excluding hydrogens is 272 g/mol. The molecule has 0 unspecified atom stereocenters. The highest BCUT2D eigenvalue weighted by Crippen LogP contribution is 2.37. The molecule has 0 fully saturated rings. The first-order valence-electron chi connectivity index (χ1n) is 5.00. The van der Waals surface area contributed by atoms with E-state index >= 15 is 0 Å². The summed E-state index contributed by atoms with van der Waals surface area (Å²) in [4.78, 5) is 12.9. The van der Waals surface area contributed by atoms with E-state index in [1.807, 2.05) is 19.0 Å². The SMILES string of the molecule is CN(C)c1nnc(Sc2ccccc2[N+](=O)[O-])s1. The number of nitro groups is 1. The summed E-state index contributed by atoms with van der Waals surface area (Å²) in [5, 5.41) is 19.6. The predicted molar refractivity (Wildman–Crippen MR) is 71.5 cm³/mol. The van der Waals surface area contributed by atoms with E-state index in [1.54, 1.807) is 18.2 Å². The van der Waals surface area contributed by atoms with Gasteiger partial charge in [-0.3, -0.25) is 10.1 Å². The summed E-state index contributed by atoms with van der Waals surface area (Å²) < 4.78 is 0.688. The van der Waals surface area contributed by atoms with E-state index in [2.05, 4.69) is 10.2 Å². The minimum Gasteiger partial charge on any atom is -0.353 e. The van der Waals surface area contributed by atoms with Crippen molar-refractivity contribution in [2.24, 2.45) is 0 Å². The molecule has 0 N–H and O–H groups in total. The van der Waals surface area contributed by atoms with Crippen LogP contribution in [0.5, 0.6) is 0 Å². The van der Waals surface area contributed by atoms with E-state index < -0.39 is 4.92 Å². The number of rotatable bonds is 4. The van der Waals surface area contributed by atoms with Crippen LogP contribution in [-0.4, -0.2) is 29.2 Å². The van der Waals surface area contributed by atoms with Gasteiger partial charge in [-0.05, 0) is 17.8 Å². The zero-order valence-electron chi connectivity index (χ0n) is 9.73. The molecule has 2 rings (SSSR count). The van der Waals surface area contributed by atoms with Gasteiger partial charge in [-0.1, -0.05) is 23.5 Å². The Morgan fingerprint density at radius 1 is 1.33 bits per heavy atom. The van der Waals surface area contributed by atoms with Crippen molar-refractivity contribution in [3.63, 3.8) is 0 Å². The Bertz CT molecular complexity index is 571. The molecule has 0 spiro atoms. The first-order chi connectivity index (χ1) is 8.58. The lowest BCUT2D eigenvalue weighted by atomic mass is 10.3. The molecule has 0 aliphatic carbocycles. The molecule has 0 saturated heterocycles. The van der Waals surface area contributed by atoms with Crippen LogP contribution in [0.1, 0.15) is 0 Å². The van der Waals surface area contributed by atoms with Crippen molar-refractivity contribution >= 4 is 33.9 Å². The molecule has 0 atom stereocenters. The van der Waals surface area contributed by atoms with Gasteiger partial charge in [-0.2, -0.15) is 0 Å². The second-order valence-corrected chi connectivity index (χ2v) is 5.82. The summed E-state index contributed by atoms with van der Waals surface area (Å²) in [6.45, 7) is 0. The molecule has 1 aromatic carbocycles. The van der Waals surface area contributed by atoms with Crippen LogP contribution in [0, 0.1) is 10.1 Å². The fourth-order valence-corrected chi connectivity index (χ4v) is 3.04. The Kier molecular flexibility index (Phi) is 3.78. The number of para-hydroxylation sites is 1. The third-order valence-corrected chi connectivity index (χ3v) is 4.24. The third-order valence-electron chi connectivity index (χ3n) is 2.04. The number of anilines is 1. The fourth-order valence-electron chi connectivity index (χ4n) is 1.21. The van der Waals surface area contributed by atoms with Gasteiger partial charge in [0.15, 0.2) is 4.34 Å². The van der Waals surface area contributed by atoms with Crippen molar-refractivity contribution in [3.05, 3.63) is 34.4 Å². The van der Waals surface area contributed by atoms with Crippen molar-refractivity contribution in [3.8, 4) is 0 Å². The Hall–Kier alpha value is -1.67. The number of hydrogen-bond donors (Lipinski definition) is 0. The molecule has 0 amide bonds. The summed E-state index contributed by atoms with van der Waals surface area (Å²) in [6.07, 6.45) is 0. The highest BCUT2D eigenvalue weighted by molar-refractivity contribution is 8.01. The number of benzene rings is 1. The molecule has 1 heterocycles. The molecule has 8 heteroatoms. The van der Waals surface area contributed by atoms with Crippen LogP contribution in [-0.2, 0) is 0 Å². The van der Waals surface area contributed by atoms with Crippen molar-refractivity contribution in [1.29, 1.82) is 0 Å². The zero-order chi connectivity index (χ0) is 13.1. The molecule has 0 aliphatic heterocycles. The van der Waals surface area contributed by atoms with E-state index in [-0.39, 0.29) is 5.69 Å². The Morgan fingerprint density at radius 2 is 2.06 bits per heavy atom. The largest absolute Gasteiger partial charge is 0.353 e. The molecule has 1 aromatic heterocycles. The number of nitrogens with zero attached hydrogens (tertiary/aromatic N) is 4. The lowest BCUT2D eigenvalue weighted by molar-refractivity contribution is -0.387. The first-order valence-corrected chi connectivity index (χ1v) is 6.63. The average molecular weight is 282 g/mol. The lowest BCUT2D eigenvalue weighted by Crippen LogP contribution is -2.07. The predicted octanol–water partition coefficient (Wildman–Crippen LogP) is 2.66. The van der Waals surface area contributed by atoms with Crippen molar-refractivity contribution < 1.29 is 4.92 Å². The van der Waals surface area contributed by atoms with Gasteiger partial charge in [-0.15, -0.1) is 10.2 Å². The van der Waals surface area contributed by atoms with Gasteiger partial charge in [0.05, 0.1) is 9.82 Å². The van der Waals surface area contributed by atoms with E-state index in [9.17, 15) is 10.1 Å².